The minimum Gasteiger partial charge on any atom is -0.480 e. The molecule has 0 aliphatic heterocycles. The van der Waals surface area contributed by atoms with Crippen LogP contribution in [0.2, 0.25) is 0 Å². The maximum atomic E-state index is 11.8. The van der Waals surface area contributed by atoms with Crippen molar-refractivity contribution in [2.24, 2.45) is 0 Å². The van der Waals surface area contributed by atoms with Gasteiger partial charge in [0.05, 0.1) is 0 Å². The average molecular weight is 264 g/mol. The summed E-state index contributed by atoms with van der Waals surface area (Å²) >= 11 is 0. The number of carbonyl (C=O) groups is 2. The fourth-order valence-electron chi connectivity index (χ4n) is 1.77. The fraction of sp³-hybridized carbons (Fsp3) is 0.429. The van der Waals surface area contributed by atoms with Crippen LogP contribution in [0.15, 0.2) is 24.3 Å². The van der Waals surface area contributed by atoms with Crippen LogP contribution in [0.5, 0.6) is 0 Å². The van der Waals surface area contributed by atoms with Crippen molar-refractivity contribution in [3.63, 3.8) is 0 Å². The molecule has 2 amide bonds. The molecule has 1 aromatic rings. The zero-order valence-electron chi connectivity index (χ0n) is 11.5. The van der Waals surface area contributed by atoms with Crippen LogP contribution in [0.25, 0.3) is 0 Å². The third-order valence-corrected chi connectivity index (χ3v) is 2.92. The van der Waals surface area contributed by atoms with E-state index in [1.807, 2.05) is 26.0 Å². The molecule has 0 aliphatic rings. The molecular weight excluding hydrogens is 244 g/mol. The highest BCUT2D eigenvalue weighted by molar-refractivity contribution is 5.93. The molecule has 1 aromatic carbocycles. The zero-order chi connectivity index (χ0) is 14.5. The zero-order valence-corrected chi connectivity index (χ0v) is 11.5. The summed E-state index contributed by atoms with van der Waals surface area (Å²) in [6, 6.07) is 6.78. The van der Waals surface area contributed by atoms with Crippen LogP contribution in [0, 0.1) is 6.92 Å². The van der Waals surface area contributed by atoms with Crippen molar-refractivity contribution in [1.82, 2.24) is 5.32 Å². The Morgan fingerprint density at radius 3 is 2.32 bits per heavy atom. The third-order valence-electron chi connectivity index (χ3n) is 2.92. The Morgan fingerprint density at radius 2 is 1.84 bits per heavy atom. The molecule has 3 N–H and O–H groups in total. The number of carboxylic acids is 1. The van der Waals surface area contributed by atoms with E-state index in [1.54, 1.807) is 12.1 Å². The van der Waals surface area contributed by atoms with Gasteiger partial charge in [-0.25, -0.2) is 9.59 Å². The molecule has 0 aromatic heterocycles. The van der Waals surface area contributed by atoms with E-state index in [9.17, 15) is 14.7 Å². The van der Waals surface area contributed by atoms with Crippen LogP contribution in [0.1, 0.15) is 32.3 Å². The van der Waals surface area contributed by atoms with Gasteiger partial charge in [-0.2, -0.15) is 0 Å². The van der Waals surface area contributed by atoms with Gasteiger partial charge in [0.25, 0.3) is 0 Å². The number of carbonyl (C=O) groups excluding carboxylic acids is 1. The minimum atomic E-state index is -1.25. The van der Waals surface area contributed by atoms with Crippen molar-refractivity contribution < 1.29 is 14.7 Å². The quantitative estimate of drug-likeness (QED) is 0.765. The second kappa shape index (κ2) is 6.22. The number of rotatable bonds is 5. The second-order valence-corrected chi connectivity index (χ2v) is 4.83. The van der Waals surface area contributed by atoms with E-state index in [2.05, 4.69) is 10.6 Å². The summed E-state index contributed by atoms with van der Waals surface area (Å²) in [5, 5.41) is 14.3. The van der Waals surface area contributed by atoms with Crippen molar-refractivity contribution in [3.05, 3.63) is 29.8 Å². The van der Waals surface area contributed by atoms with Gasteiger partial charge in [0.15, 0.2) is 0 Å². The van der Waals surface area contributed by atoms with E-state index < -0.39 is 17.5 Å². The summed E-state index contributed by atoms with van der Waals surface area (Å²) in [4.78, 5) is 23.0. The number of urea groups is 1. The highest BCUT2D eigenvalue weighted by Gasteiger charge is 2.33. The van der Waals surface area contributed by atoms with Gasteiger partial charge < -0.3 is 15.7 Å². The summed E-state index contributed by atoms with van der Waals surface area (Å²) in [5.41, 5.74) is 0.475. The summed E-state index contributed by atoms with van der Waals surface area (Å²) in [6.07, 6.45) is 1.05. The smallest absolute Gasteiger partial charge is 0.329 e. The van der Waals surface area contributed by atoms with Crippen LogP contribution >= 0.6 is 0 Å². The van der Waals surface area contributed by atoms with Gasteiger partial charge in [0, 0.05) is 5.69 Å². The lowest BCUT2D eigenvalue weighted by atomic mass is 9.97. The van der Waals surface area contributed by atoms with Crippen molar-refractivity contribution >= 4 is 17.7 Å². The van der Waals surface area contributed by atoms with Crippen molar-refractivity contribution in [3.8, 4) is 0 Å². The van der Waals surface area contributed by atoms with Gasteiger partial charge >= 0.3 is 12.0 Å². The van der Waals surface area contributed by atoms with Crippen LogP contribution in [-0.4, -0.2) is 22.6 Å². The van der Waals surface area contributed by atoms with E-state index >= 15 is 0 Å². The molecule has 0 aliphatic carbocycles. The monoisotopic (exact) mass is 264 g/mol. The minimum absolute atomic E-state index is 0.379. The molecule has 0 spiro atoms. The van der Waals surface area contributed by atoms with Gasteiger partial charge in [-0.1, -0.05) is 31.0 Å². The molecule has 0 bridgehead atoms. The van der Waals surface area contributed by atoms with Crippen LogP contribution in [0.3, 0.4) is 0 Å². The number of hydrogen-bond donors (Lipinski definition) is 3. The Hall–Kier alpha value is -2.04. The number of anilines is 1. The van der Waals surface area contributed by atoms with Crippen LogP contribution < -0.4 is 10.6 Å². The first-order valence-corrected chi connectivity index (χ1v) is 6.26. The predicted octanol–water partition coefficient (Wildman–Crippen LogP) is 2.76. The molecule has 0 saturated heterocycles. The summed E-state index contributed by atoms with van der Waals surface area (Å²) < 4.78 is 0. The maximum Gasteiger partial charge on any atom is 0.329 e. The first-order valence-electron chi connectivity index (χ1n) is 6.26. The molecule has 1 rings (SSSR count). The molecule has 19 heavy (non-hydrogen) atoms. The van der Waals surface area contributed by atoms with Gasteiger partial charge in [0.1, 0.15) is 5.54 Å². The second-order valence-electron chi connectivity index (χ2n) is 4.83. The van der Waals surface area contributed by atoms with Crippen LogP contribution in [-0.2, 0) is 4.79 Å². The molecular formula is C14H20N2O3. The Morgan fingerprint density at radius 1 is 1.26 bits per heavy atom. The first kappa shape index (κ1) is 15.0. The molecule has 5 heteroatoms. The van der Waals surface area contributed by atoms with Crippen molar-refractivity contribution in [1.29, 1.82) is 0 Å². The molecule has 0 fully saturated rings. The molecule has 0 saturated carbocycles. The lowest BCUT2D eigenvalue weighted by Crippen LogP contribution is -2.53. The topological polar surface area (TPSA) is 78.4 Å². The van der Waals surface area contributed by atoms with Gasteiger partial charge in [0.2, 0.25) is 0 Å². The average Bonchev–Trinajstić information content (AvgIpc) is 2.32. The van der Waals surface area contributed by atoms with E-state index in [-0.39, 0.29) is 0 Å². The van der Waals surface area contributed by atoms with E-state index in [0.29, 0.717) is 18.5 Å². The number of nitrogens with one attached hydrogen (secondary N) is 2. The summed E-state index contributed by atoms with van der Waals surface area (Å²) in [5.74, 6) is -1.03. The van der Waals surface area contributed by atoms with Gasteiger partial charge in [-0.15, -0.1) is 0 Å². The van der Waals surface area contributed by atoms with Gasteiger partial charge in [-0.3, -0.25) is 0 Å². The summed E-state index contributed by atoms with van der Waals surface area (Å²) in [7, 11) is 0. The normalized spacial score (nSPS) is 13.4. The number of aryl methyl sites for hydroxylation is 1. The first-order chi connectivity index (χ1) is 8.87. The Labute approximate surface area is 113 Å². The fourth-order valence-corrected chi connectivity index (χ4v) is 1.77. The van der Waals surface area contributed by atoms with E-state index in [1.165, 1.54) is 6.92 Å². The van der Waals surface area contributed by atoms with Gasteiger partial charge in [-0.05, 0) is 32.4 Å². The van der Waals surface area contributed by atoms with E-state index in [4.69, 9.17) is 0 Å². The molecule has 1 atom stereocenters. The number of carboxylic acid groups (broad SMARTS) is 1. The number of aliphatic carboxylic acids is 1. The summed E-state index contributed by atoms with van der Waals surface area (Å²) in [6.45, 7) is 5.33. The highest BCUT2D eigenvalue weighted by Crippen LogP contribution is 2.14. The third kappa shape index (κ3) is 4.28. The maximum absolute atomic E-state index is 11.8. The standard InChI is InChI=1S/C14H20N2O3/c1-4-9-14(3,12(17)18)16-13(19)15-11-7-5-10(2)6-8-11/h5-8H,4,9H2,1-3H3,(H,17,18)(H2,15,16,19). The van der Waals surface area contributed by atoms with Crippen molar-refractivity contribution in [2.75, 3.05) is 5.32 Å². The molecule has 1 unspecified atom stereocenters. The number of amides is 2. The highest BCUT2D eigenvalue weighted by atomic mass is 16.4. The van der Waals surface area contributed by atoms with Crippen molar-refractivity contribution in [2.45, 2.75) is 39.2 Å². The molecule has 0 radical (unpaired) electrons. The predicted molar refractivity (Wildman–Crippen MR) is 74.3 cm³/mol. The molecule has 0 heterocycles. The Balaban J connectivity index is 2.68. The number of hydrogen-bond acceptors (Lipinski definition) is 2. The SMILES string of the molecule is CCCC(C)(NC(=O)Nc1ccc(C)cc1)C(=O)O. The van der Waals surface area contributed by atoms with Crippen LogP contribution in [0.4, 0.5) is 10.5 Å². The molecule has 104 valence electrons. The Bertz CT molecular complexity index is 456. The molecule has 5 nitrogen and oxygen atoms in total. The number of benzene rings is 1. The lowest BCUT2D eigenvalue weighted by Gasteiger charge is -2.25. The lowest BCUT2D eigenvalue weighted by molar-refractivity contribution is -0.143. The largest absolute Gasteiger partial charge is 0.480 e. The Kier molecular flexibility index (Phi) is 4.92. The van der Waals surface area contributed by atoms with E-state index in [0.717, 1.165) is 5.56 Å².